The number of aromatic amines is 1. The minimum Gasteiger partial charge on any atom is -0.356 e. The van der Waals surface area contributed by atoms with Gasteiger partial charge in [-0.05, 0) is 36.6 Å². The van der Waals surface area contributed by atoms with Crippen LogP contribution in [0.1, 0.15) is 18.4 Å². The summed E-state index contributed by atoms with van der Waals surface area (Å²) < 4.78 is 0. The maximum atomic E-state index is 9.83. The average molecular weight is 338 g/mol. The Morgan fingerprint density at radius 3 is 2.58 bits per heavy atom. The number of piperidine rings is 1. The molecule has 0 atom stereocenters. The van der Waals surface area contributed by atoms with Gasteiger partial charge in [0.25, 0.3) is 0 Å². The molecule has 0 bridgehead atoms. The lowest BCUT2D eigenvalue weighted by atomic mass is 9.74. The molecule has 5 nitrogen and oxygen atoms in total. The van der Waals surface area contributed by atoms with Crippen LogP contribution in [0.25, 0.3) is 11.0 Å². The van der Waals surface area contributed by atoms with E-state index in [1.165, 1.54) is 0 Å². The van der Waals surface area contributed by atoms with Crippen LogP contribution in [0, 0.1) is 11.3 Å². The molecule has 0 radical (unpaired) electrons. The van der Waals surface area contributed by atoms with E-state index in [0.717, 1.165) is 48.3 Å². The van der Waals surface area contributed by atoms with Crippen LogP contribution in [0.3, 0.4) is 0 Å². The summed E-state index contributed by atoms with van der Waals surface area (Å²) in [7, 11) is 0. The van der Waals surface area contributed by atoms with Crippen molar-refractivity contribution in [1.82, 2.24) is 15.0 Å². The predicted octanol–water partition coefficient (Wildman–Crippen LogP) is 3.67. The van der Waals surface area contributed by atoms with Gasteiger partial charge in [0.1, 0.15) is 17.8 Å². The zero-order chi connectivity index (χ0) is 16.6. The van der Waals surface area contributed by atoms with Crippen molar-refractivity contribution in [2.75, 3.05) is 18.0 Å². The van der Waals surface area contributed by atoms with E-state index in [4.69, 9.17) is 11.6 Å². The smallest absolute Gasteiger partial charge is 0.142 e. The molecule has 1 saturated heterocycles. The number of hydrogen-bond acceptors (Lipinski definition) is 4. The van der Waals surface area contributed by atoms with Crippen LogP contribution in [0.5, 0.6) is 0 Å². The van der Waals surface area contributed by atoms with Gasteiger partial charge in [-0.3, -0.25) is 0 Å². The number of nitriles is 1. The molecule has 3 aromatic rings. The minimum atomic E-state index is -0.453. The van der Waals surface area contributed by atoms with Crippen LogP contribution < -0.4 is 4.90 Å². The van der Waals surface area contributed by atoms with E-state index in [2.05, 4.69) is 25.9 Å². The van der Waals surface area contributed by atoms with E-state index in [0.29, 0.717) is 5.02 Å². The largest absolute Gasteiger partial charge is 0.356 e. The van der Waals surface area contributed by atoms with E-state index >= 15 is 0 Å². The van der Waals surface area contributed by atoms with Gasteiger partial charge in [-0.1, -0.05) is 23.7 Å². The molecule has 0 saturated carbocycles. The zero-order valence-corrected chi connectivity index (χ0v) is 13.8. The molecule has 1 aliphatic heterocycles. The summed E-state index contributed by atoms with van der Waals surface area (Å²) in [4.78, 5) is 14.0. The van der Waals surface area contributed by atoms with Crippen molar-refractivity contribution in [3.63, 3.8) is 0 Å². The number of rotatable bonds is 2. The number of aromatic nitrogens is 3. The second-order valence-electron chi connectivity index (χ2n) is 6.13. The van der Waals surface area contributed by atoms with Crippen molar-refractivity contribution in [1.29, 1.82) is 5.26 Å². The molecule has 4 rings (SSSR count). The number of halogens is 1. The highest BCUT2D eigenvalue weighted by Crippen LogP contribution is 2.37. The third-order valence-electron chi connectivity index (χ3n) is 4.86. The number of fused-ring (bicyclic) bond motifs is 1. The first kappa shape index (κ1) is 15.0. The van der Waals surface area contributed by atoms with Crippen LogP contribution in [0.15, 0.2) is 42.9 Å². The summed E-state index contributed by atoms with van der Waals surface area (Å²) in [5.74, 6) is 0.934. The summed E-state index contributed by atoms with van der Waals surface area (Å²) in [6.07, 6.45) is 4.99. The standard InChI is InChI=1S/C18H16ClN5/c19-14-3-1-13(2-4-14)18(11-20)6-9-24(10-7-18)17-15-5-8-21-16(15)22-12-23-17/h1-5,8,12H,6-7,9-10H2,(H,21,22,23). The predicted molar refractivity (Wildman–Crippen MR) is 94.1 cm³/mol. The van der Waals surface area contributed by atoms with Crippen LogP contribution in [-0.2, 0) is 5.41 Å². The van der Waals surface area contributed by atoms with Crippen molar-refractivity contribution in [2.45, 2.75) is 18.3 Å². The van der Waals surface area contributed by atoms with Gasteiger partial charge in [-0.25, -0.2) is 9.97 Å². The highest BCUT2D eigenvalue weighted by Gasteiger charge is 2.37. The Balaban J connectivity index is 1.61. The number of benzene rings is 1. The highest BCUT2D eigenvalue weighted by atomic mass is 35.5. The Morgan fingerprint density at radius 1 is 1.12 bits per heavy atom. The zero-order valence-electron chi connectivity index (χ0n) is 13.0. The number of hydrogen-bond donors (Lipinski definition) is 1. The first-order chi connectivity index (χ1) is 11.7. The Hall–Kier alpha value is -2.58. The summed E-state index contributed by atoms with van der Waals surface area (Å²) in [5, 5.41) is 11.5. The van der Waals surface area contributed by atoms with E-state index < -0.39 is 5.41 Å². The number of H-pyrrole nitrogens is 1. The normalized spacial score (nSPS) is 16.9. The molecule has 6 heteroatoms. The number of nitrogens with zero attached hydrogens (tertiary/aromatic N) is 4. The summed E-state index contributed by atoms with van der Waals surface area (Å²) >= 11 is 5.98. The number of anilines is 1. The molecule has 1 aromatic carbocycles. The SMILES string of the molecule is N#CC1(c2ccc(Cl)cc2)CCN(c2ncnc3[nH]ccc23)CC1. The van der Waals surface area contributed by atoms with Crippen molar-refractivity contribution in [2.24, 2.45) is 0 Å². The minimum absolute atomic E-state index is 0.453. The molecule has 1 N–H and O–H groups in total. The number of nitrogens with one attached hydrogen (secondary N) is 1. The molecular weight excluding hydrogens is 322 g/mol. The Kier molecular flexibility index (Phi) is 3.62. The lowest BCUT2D eigenvalue weighted by Gasteiger charge is -2.38. The van der Waals surface area contributed by atoms with Crippen LogP contribution in [-0.4, -0.2) is 28.0 Å². The van der Waals surface area contributed by atoms with Crippen LogP contribution in [0.2, 0.25) is 5.02 Å². The van der Waals surface area contributed by atoms with Crippen molar-refractivity contribution >= 4 is 28.5 Å². The van der Waals surface area contributed by atoms with E-state index in [1.54, 1.807) is 6.33 Å². The Bertz CT molecular complexity index is 901. The molecule has 2 aromatic heterocycles. The topological polar surface area (TPSA) is 68.6 Å². The molecule has 1 fully saturated rings. The average Bonchev–Trinajstić information content (AvgIpc) is 3.11. The van der Waals surface area contributed by atoms with Crippen molar-refractivity contribution in [3.8, 4) is 6.07 Å². The highest BCUT2D eigenvalue weighted by molar-refractivity contribution is 6.30. The third kappa shape index (κ3) is 2.40. The van der Waals surface area contributed by atoms with E-state index in [9.17, 15) is 5.26 Å². The summed E-state index contributed by atoms with van der Waals surface area (Å²) in [5.41, 5.74) is 1.43. The quantitative estimate of drug-likeness (QED) is 0.774. The Morgan fingerprint density at radius 2 is 1.88 bits per heavy atom. The monoisotopic (exact) mass is 337 g/mol. The van der Waals surface area contributed by atoms with Gasteiger partial charge < -0.3 is 9.88 Å². The fraction of sp³-hybridized carbons (Fsp3) is 0.278. The first-order valence-electron chi connectivity index (χ1n) is 7.92. The first-order valence-corrected chi connectivity index (χ1v) is 8.30. The summed E-state index contributed by atoms with van der Waals surface area (Å²) in [6.45, 7) is 1.57. The molecule has 3 heterocycles. The molecule has 120 valence electrons. The molecule has 0 aliphatic carbocycles. The lowest BCUT2D eigenvalue weighted by molar-refractivity contribution is 0.414. The van der Waals surface area contributed by atoms with Crippen molar-refractivity contribution in [3.05, 3.63) is 53.4 Å². The fourth-order valence-corrected chi connectivity index (χ4v) is 3.57. The fourth-order valence-electron chi connectivity index (χ4n) is 3.44. The van der Waals surface area contributed by atoms with Gasteiger partial charge in [0.05, 0.1) is 16.9 Å². The molecule has 24 heavy (non-hydrogen) atoms. The third-order valence-corrected chi connectivity index (χ3v) is 5.11. The van der Waals surface area contributed by atoms with Crippen LogP contribution in [0.4, 0.5) is 5.82 Å². The maximum Gasteiger partial charge on any atom is 0.142 e. The summed E-state index contributed by atoms with van der Waals surface area (Å²) in [6, 6.07) is 12.2. The van der Waals surface area contributed by atoms with E-state index in [-0.39, 0.29) is 0 Å². The molecular formula is C18H16ClN5. The van der Waals surface area contributed by atoms with Gasteiger partial charge in [0, 0.05) is 24.3 Å². The molecule has 0 spiro atoms. The van der Waals surface area contributed by atoms with Gasteiger partial charge >= 0.3 is 0 Å². The molecule has 0 unspecified atom stereocenters. The van der Waals surface area contributed by atoms with Gasteiger partial charge in [-0.15, -0.1) is 0 Å². The van der Waals surface area contributed by atoms with E-state index in [1.807, 2.05) is 36.5 Å². The van der Waals surface area contributed by atoms with Crippen molar-refractivity contribution < 1.29 is 0 Å². The molecule has 0 amide bonds. The Labute approximate surface area is 144 Å². The molecule has 1 aliphatic rings. The lowest BCUT2D eigenvalue weighted by Crippen LogP contribution is -2.42. The second kappa shape index (κ2) is 5.81. The van der Waals surface area contributed by atoms with Crippen LogP contribution >= 0.6 is 11.6 Å². The van der Waals surface area contributed by atoms with Gasteiger partial charge in [0.2, 0.25) is 0 Å². The second-order valence-corrected chi connectivity index (χ2v) is 6.56. The van der Waals surface area contributed by atoms with Gasteiger partial charge in [0.15, 0.2) is 0 Å². The van der Waals surface area contributed by atoms with Gasteiger partial charge in [-0.2, -0.15) is 5.26 Å². The maximum absolute atomic E-state index is 9.83.